The molecule has 1 aliphatic heterocycles. The zero-order valence-corrected chi connectivity index (χ0v) is 15.2. The maximum Gasteiger partial charge on any atom is 0.265 e. The van der Waals surface area contributed by atoms with Gasteiger partial charge in [0.05, 0.1) is 4.90 Å². The maximum absolute atomic E-state index is 12.3. The molecule has 1 atom stereocenters. The van der Waals surface area contributed by atoms with Crippen molar-refractivity contribution in [2.45, 2.75) is 17.9 Å². The molecule has 1 N–H and O–H groups in total. The Bertz CT molecular complexity index is 908. The molecule has 138 valence electrons. The van der Waals surface area contributed by atoms with Crippen LogP contribution in [0.15, 0.2) is 47.4 Å². The molecule has 26 heavy (non-hydrogen) atoms. The fraction of sp³-hybridized carbons (Fsp3) is 0.278. The molecule has 2 aromatic rings. The van der Waals surface area contributed by atoms with Crippen molar-refractivity contribution < 1.29 is 27.4 Å². The number of hydrogen-bond acceptors (Lipinski definition) is 6. The lowest BCUT2D eigenvalue weighted by Crippen LogP contribution is -2.30. The minimum absolute atomic E-state index is 0.193. The fourth-order valence-electron chi connectivity index (χ4n) is 2.39. The van der Waals surface area contributed by atoms with Crippen LogP contribution in [0.5, 0.6) is 17.2 Å². The molecule has 0 spiro atoms. The summed E-state index contributed by atoms with van der Waals surface area (Å²) >= 11 is 0. The number of ether oxygens (including phenoxy) is 3. The molecule has 7 nitrogen and oxygen atoms in total. The van der Waals surface area contributed by atoms with Gasteiger partial charge in [0, 0.05) is 18.0 Å². The van der Waals surface area contributed by atoms with Gasteiger partial charge in [-0.25, -0.2) is 8.42 Å². The third-order valence-corrected chi connectivity index (χ3v) is 4.87. The highest BCUT2D eigenvalue weighted by Crippen LogP contribution is 2.32. The first-order chi connectivity index (χ1) is 12.3. The van der Waals surface area contributed by atoms with Crippen LogP contribution in [0.4, 0.5) is 5.69 Å². The van der Waals surface area contributed by atoms with Gasteiger partial charge in [-0.1, -0.05) is 0 Å². The zero-order chi connectivity index (χ0) is 18.7. The number of anilines is 1. The first kappa shape index (κ1) is 18.1. The normalized spacial score (nSPS) is 14.4. The lowest BCUT2D eigenvalue weighted by Gasteiger charge is -2.19. The van der Waals surface area contributed by atoms with Crippen molar-refractivity contribution >= 4 is 21.4 Å². The lowest BCUT2D eigenvalue weighted by molar-refractivity contribution is -0.122. The van der Waals surface area contributed by atoms with E-state index in [1.807, 2.05) is 0 Å². The van der Waals surface area contributed by atoms with E-state index >= 15 is 0 Å². The van der Waals surface area contributed by atoms with Crippen LogP contribution in [-0.4, -0.2) is 39.9 Å². The van der Waals surface area contributed by atoms with Crippen molar-refractivity contribution in [3.05, 3.63) is 42.5 Å². The Morgan fingerprint density at radius 1 is 1.08 bits per heavy atom. The van der Waals surface area contributed by atoms with E-state index in [9.17, 15) is 13.2 Å². The van der Waals surface area contributed by atoms with Crippen LogP contribution in [0, 0.1) is 0 Å². The predicted molar refractivity (Wildman–Crippen MR) is 95.7 cm³/mol. The first-order valence-corrected chi connectivity index (χ1v) is 9.89. The molecular weight excluding hydrogens is 358 g/mol. The Labute approximate surface area is 151 Å². The number of sulfone groups is 1. The molecule has 0 unspecified atom stereocenters. The molecule has 0 saturated heterocycles. The molecule has 1 heterocycles. The van der Waals surface area contributed by atoms with Crippen molar-refractivity contribution in [3.63, 3.8) is 0 Å². The van der Waals surface area contributed by atoms with Gasteiger partial charge in [-0.05, 0) is 43.3 Å². The Hall–Kier alpha value is -2.74. The lowest BCUT2D eigenvalue weighted by atomic mass is 10.2. The molecule has 1 amide bonds. The molecule has 0 radical (unpaired) electrons. The minimum Gasteiger partial charge on any atom is -0.486 e. The van der Waals surface area contributed by atoms with E-state index in [1.54, 1.807) is 25.1 Å². The number of carbonyl (C=O) groups excluding carboxylic acids is 1. The topological polar surface area (TPSA) is 90.9 Å². The number of fused-ring (bicyclic) bond motifs is 1. The summed E-state index contributed by atoms with van der Waals surface area (Å²) in [6.07, 6.45) is 0.360. The zero-order valence-electron chi connectivity index (χ0n) is 14.4. The second kappa shape index (κ2) is 7.25. The quantitative estimate of drug-likeness (QED) is 0.860. The SMILES string of the molecule is C[C@@H](Oc1ccc(S(C)(=O)=O)cc1)C(=O)Nc1ccc2c(c1)OCCO2. The van der Waals surface area contributed by atoms with E-state index < -0.39 is 15.9 Å². The van der Waals surface area contributed by atoms with Gasteiger partial charge in [0.1, 0.15) is 19.0 Å². The summed E-state index contributed by atoms with van der Waals surface area (Å²) < 4.78 is 39.4. The first-order valence-electron chi connectivity index (χ1n) is 8.00. The Kier molecular flexibility index (Phi) is 5.03. The Morgan fingerprint density at radius 2 is 1.73 bits per heavy atom. The van der Waals surface area contributed by atoms with Gasteiger partial charge >= 0.3 is 0 Å². The largest absolute Gasteiger partial charge is 0.486 e. The van der Waals surface area contributed by atoms with Crippen molar-refractivity contribution in [1.29, 1.82) is 0 Å². The van der Waals surface area contributed by atoms with Crippen molar-refractivity contribution in [2.75, 3.05) is 24.8 Å². The molecule has 8 heteroatoms. The predicted octanol–water partition coefficient (Wildman–Crippen LogP) is 2.27. The molecule has 0 bridgehead atoms. The third kappa shape index (κ3) is 4.26. The van der Waals surface area contributed by atoms with Crippen LogP contribution < -0.4 is 19.5 Å². The highest BCUT2D eigenvalue weighted by molar-refractivity contribution is 7.90. The van der Waals surface area contributed by atoms with E-state index in [0.29, 0.717) is 36.1 Å². The van der Waals surface area contributed by atoms with Gasteiger partial charge in [0.25, 0.3) is 5.91 Å². The second-order valence-corrected chi connectivity index (χ2v) is 7.87. The standard InChI is InChI=1S/C18H19NO6S/c1-12(25-14-4-6-15(7-5-14)26(2,21)22)18(20)19-13-3-8-16-17(11-13)24-10-9-23-16/h3-8,11-12H,9-10H2,1-2H3,(H,19,20)/t12-/m1/s1. The van der Waals surface area contributed by atoms with Gasteiger partial charge in [-0.2, -0.15) is 0 Å². The summed E-state index contributed by atoms with van der Waals surface area (Å²) in [7, 11) is -3.27. The second-order valence-electron chi connectivity index (χ2n) is 5.85. The number of nitrogens with one attached hydrogen (secondary N) is 1. The van der Waals surface area contributed by atoms with Crippen LogP contribution in [0.1, 0.15) is 6.92 Å². The summed E-state index contributed by atoms with van der Waals surface area (Å²) in [5.41, 5.74) is 0.571. The summed E-state index contributed by atoms with van der Waals surface area (Å²) in [6, 6.07) is 11.1. The van der Waals surface area contributed by atoms with Crippen LogP contribution in [0.3, 0.4) is 0 Å². The van der Waals surface area contributed by atoms with Gasteiger partial charge < -0.3 is 19.5 Å². The smallest absolute Gasteiger partial charge is 0.265 e. The van der Waals surface area contributed by atoms with Crippen molar-refractivity contribution in [1.82, 2.24) is 0 Å². The maximum atomic E-state index is 12.3. The summed E-state index contributed by atoms with van der Waals surface area (Å²) in [6.45, 7) is 2.58. The van der Waals surface area contributed by atoms with E-state index in [2.05, 4.69) is 5.32 Å². The molecule has 2 aromatic carbocycles. The van der Waals surface area contributed by atoms with E-state index in [1.165, 1.54) is 24.3 Å². The summed E-state index contributed by atoms with van der Waals surface area (Å²) in [5, 5.41) is 2.75. The van der Waals surface area contributed by atoms with Gasteiger partial charge in [-0.3, -0.25) is 4.79 Å². The molecular formula is C18H19NO6S. The van der Waals surface area contributed by atoms with Crippen LogP contribution >= 0.6 is 0 Å². The molecule has 0 fully saturated rings. The Balaban J connectivity index is 1.63. The van der Waals surface area contributed by atoms with E-state index in [4.69, 9.17) is 14.2 Å². The average molecular weight is 377 g/mol. The Morgan fingerprint density at radius 3 is 2.38 bits per heavy atom. The van der Waals surface area contributed by atoms with E-state index in [0.717, 1.165) is 6.26 Å². The fourth-order valence-corrected chi connectivity index (χ4v) is 3.02. The molecule has 1 aliphatic rings. The van der Waals surface area contributed by atoms with Crippen molar-refractivity contribution in [3.8, 4) is 17.2 Å². The van der Waals surface area contributed by atoms with Crippen LogP contribution in [0.25, 0.3) is 0 Å². The molecule has 0 aromatic heterocycles. The highest BCUT2D eigenvalue weighted by Gasteiger charge is 2.17. The summed E-state index contributed by atoms with van der Waals surface area (Å²) in [5.74, 6) is 1.29. The highest BCUT2D eigenvalue weighted by atomic mass is 32.2. The van der Waals surface area contributed by atoms with Crippen LogP contribution in [0.2, 0.25) is 0 Å². The van der Waals surface area contributed by atoms with Gasteiger partial charge in [0.2, 0.25) is 0 Å². The van der Waals surface area contributed by atoms with Crippen LogP contribution in [-0.2, 0) is 14.6 Å². The molecule has 3 rings (SSSR count). The number of hydrogen-bond donors (Lipinski definition) is 1. The van der Waals surface area contributed by atoms with Gasteiger partial charge in [0.15, 0.2) is 27.4 Å². The van der Waals surface area contributed by atoms with Crippen molar-refractivity contribution in [2.24, 2.45) is 0 Å². The molecule has 0 aliphatic carbocycles. The summed E-state index contributed by atoms with van der Waals surface area (Å²) in [4.78, 5) is 12.5. The number of benzene rings is 2. The average Bonchev–Trinajstić information content (AvgIpc) is 2.61. The molecule has 0 saturated carbocycles. The monoisotopic (exact) mass is 377 g/mol. The third-order valence-electron chi connectivity index (χ3n) is 3.74. The number of rotatable bonds is 5. The van der Waals surface area contributed by atoms with Gasteiger partial charge in [-0.15, -0.1) is 0 Å². The minimum atomic E-state index is -3.27. The van der Waals surface area contributed by atoms with E-state index in [-0.39, 0.29) is 10.8 Å². The number of carbonyl (C=O) groups is 1. The number of amides is 1.